The van der Waals surface area contributed by atoms with E-state index in [2.05, 4.69) is 9.97 Å². The molecule has 9 nitrogen and oxygen atoms in total. The third kappa shape index (κ3) is 11.3. The number of nitrogens with zero attached hydrogens (tertiary/aromatic N) is 3. The topological polar surface area (TPSA) is 128 Å². The molecule has 1 unspecified atom stereocenters. The van der Waals surface area contributed by atoms with Crippen molar-refractivity contribution in [2.24, 2.45) is 5.84 Å². The van der Waals surface area contributed by atoms with Gasteiger partial charge in [-0.25, -0.2) is 9.78 Å². The summed E-state index contributed by atoms with van der Waals surface area (Å²) in [6.45, 7) is 0.530. The predicted molar refractivity (Wildman–Crippen MR) is 104 cm³/mol. The van der Waals surface area contributed by atoms with Crippen LogP contribution in [0.25, 0.3) is 0 Å². The maximum Gasteiger partial charge on any atom is 0.332 e. The largest absolute Gasteiger partial charge is 0.490 e. The molecule has 0 amide bonds. The van der Waals surface area contributed by atoms with Crippen molar-refractivity contribution in [1.82, 2.24) is 9.97 Å². The van der Waals surface area contributed by atoms with Gasteiger partial charge in [0.2, 0.25) is 5.88 Å². The summed E-state index contributed by atoms with van der Waals surface area (Å²) in [7, 11) is 5.71. The van der Waals surface area contributed by atoms with Gasteiger partial charge >= 0.3 is 5.97 Å². The smallest absolute Gasteiger partial charge is 0.332 e. The lowest BCUT2D eigenvalue weighted by Crippen LogP contribution is -2.41. The SMILES string of the molecule is C[N+](C)(C)N.O=C(O)C(O)Cc1nc(Cl)cc(OCCOc2ccccc2)n1. The summed E-state index contributed by atoms with van der Waals surface area (Å²) >= 11 is 5.83. The Balaban J connectivity index is 0.000000696. The number of nitrogens with two attached hydrogens (primary N) is 1. The van der Waals surface area contributed by atoms with Crippen molar-refractivity contribution < 1.29 is 29.1 Å². The van der Waals surface area contributed by atoms with Crippen LogP contribution >= 0.6 is 11.6 Å². The van der Waals surface area contributed by atoms with Crippen molar-refractivity contribution in [3.05, 3.63) is 47.4 Å². The predicted octanol–water partition coefficient (Wildman–Crippen LogP) is 1.14. The normalized spacial score (nSPS) is 11.8. The van der Waals surface area contributed by atoms with E-state index in [4.69, 9.17) is 32.0 Å². The van der Waals surface area contributed by atoms with Crippen molar-refractivity contribution in [3.63, 3.8) is 0 Å². The monoisotopic (exact) mass is 413 g/mol. The van der Waals surface area contributed by atoms with Crippen LogP contribution in [-0.2, 0) is 11.2 Å². The molecule has 28 heavy (non-hydrogen) atoms. The number of hydrogen-bond acceptors (Lipinski definition) is 7. The molecule has 0 aliphatic carbocycles. The molecule has 0 radical (unpaired) electrons. The number of ether oxygens (including phenoxy) is 2. The third-order valence-electron chi connectivity index (χ3n) is 2.72. The minimum Gasteiger partial charge on any atom is -0.490 e. The standard InChI is InChI=1S/C15H15ClN2O5.C3H11N2/c16-12-9-14(18-13(17-12)8-11(19)15(20)21)23-7-6-22-10-4-2-1-3-5-10;1-5(2,3)4/h1-5,9,11,19H,6-8H2,(H,20,21);4H2,1-3H3/q;+1. The first kappa shape index (κ1) is 23.6. The number of aromatic nitrogens is 2. The number of halogens is 1. The molecule has 4 N–H and O–H groups in total. The molecule has 1 aromatic carbocycles. The lowest BCUT2D eigenvalue weighted by Gasteiger charge is -2.12. The Bertz CT molecular complexity index is 735. The minimum atomic E-state index is -1.59. The maximum absolute atomic E-state index is 10.6. The van der Waals surface area contributed by atoms with Crippen molar-refractivity contribution in [2.45, 2.75) is 12.5 Å². The van der Waals surface area contributed by atoms with Crippen LogP contribution in [0.2, 0.25) is 5.15 Å². The molecule has 0 fully saturated rings. The fraction of sp³-hybridized carbons (Fsp3) is 0.389. The zero-order valence-corrected chi connectivity index (χ0v) is 16.8. The number of carboxylic acid groups (broad SMARTS) is 1. The summed E-state index contributed by atoms with van der Waals surface area (Å²) in [6.07, 6.45) is -1.85. The lowest BCUT2D eigenvalue weighted by molar-refractivity contribution is -0.882. The number of aliphatic hydroxyl groups is 1. The van der Waals surface area contributed by atoms with E-state index >= 15 is 0 Å². The van der Waals surface area contributed by atoms with Crippen LogP contribution in [0.15, 0.2) is 36.4 Å². The number of quaternary nitrogens is 1. The lowest BCUT2D eigenvalue weighted by atomic mass is 10.2. The fourth-order valence-corrected chi connectivity index (χ4v) is 1.88. The molecule has 1 heterocycles. The van der Waals surface area contributed by atoms with Gasteiger partial charge in [-0.05, 0) is 12.1 Å². The van der Waals surface area contributed by atoms with E-state index in [1.54, 1.807) is 0 Å². The Hall–Kier alpha value is -2.46. The highest BCUT2D eigenvalue weighted by molar-refractivity contribution is 6.29. The number of benzene rings is 1. The summed E-state index contributed by atoms with van der Waals surface area (Å²) < 4.78 is 11.4. The van der Waals surface area contributed by atoms with Gasteiger partial charge < -0.3 is 19.7 Å². The van der Waals surface area contributed by atoms with Crippen LogP contribution in [0.1, 0.15) is 5.82 Å². The van der Waals surface area contributed by atoms with Crippen molar-refractivity contribution in [2.75, 3.05) is 34.4 Å². The molecule has 1 aromatic heterocycles. The number of para-hydroxylation sites is 1. The van der Waals surface area contributed by atoms with Crippen LogP contribution in [-0.4, -0.2) is 71.2 Å². The molecule has 10 heteroatoms. The van der Waals surface area contributed by atoms with Crippen LogP contribution in [0, 0.1) is 0 Å². The molecule has 0 aliphatic rings. The van der Waals surface area contributed by atoms with Crippen LogP contribution in [0.5, 0.6) is 11.6 Å². The van der Waals surface area contributed by atoms with Crippen LogP contribution in [0.3, 0.4) is 0 Å². The minimum absolute atomic E-state index is 0.0892. The Morgan fingerprint density at radius 2 is 1.75 bits per heavy atom. The molecule has 0 bridgehead atoms. The van der Waals surface area contributed by atoms with Gasteiger partial charge in [-0.15, -0.1) is 0 Å². The van der Waals surface area contributed by atoms with Gasteiger partial charge in [-0.3, -0.25) is 4.59 Å². The number of rotatable bonds is 8. The van der Waals surface area contributed by atoms with Gasteiger partial charge in [0.1, 0.15) is 29.9 Å². The van der Waals surface area contributed by atoms with E-state index in [0.717, 1.165) is 5.75 Å². The van der Waals surface area contributed by atoms with E-state index in [1.807, 2.05) is 51.5 Å². The first-order valence-electron chi connectivity index (χ1n) is 8.39. The van der Waals surface area contributed by atoms with Crippen molar-refractivity contribution in [1.29, 1.82) is 0 Å². The summed E-state index contributed by atoms with van der Waals surface area (Å²) in [6, 6.07) is 10.7. The van der Waals surface area contributed by atoms with Gasteiger partial charge in [0.15, 0.2) is 6.10 Å². The quantitative estimate of drug-likeness (QED) is 0.193. The average Bonchev–Trinajstić information content (AvgIpc) is 2.57. The molecule has 2 aromatic rings. The Morgan fingerprint density at radius 1 is 1.18 bits per heavy atom. The van der Waals surface area contributed by atoms with Gasteiger partial charge in [0.25, 0.3) is 0 Å². The van der Waals surface area contributed by atoms with Gasteiger partial charge in [0, 0.05) is 12.5 Å². The maximum atomic E-state index is 10.6. The fourth-order valence-electron chi connectivity index (χ4n) is 1.69. The summed E-state index contributed by atoms with van der Waals surface area (Å²) in [4.78, 5) is 18.5. The van der Waals surface area contributed by atoms with E-state index in [9.17, 15) is 9.90 Å². The Kier molecular flexibility index (Phi) is 9.60. The second-order valence-electron chi connectivity index (χ2n) is 6.63. The first-order chi connectivity index (χ1) is 13.0. The number of aliphatic carboxylic acids is 1. The zero-order chi connectivity index (χ0) is 21.2. The molecule has 0 saturated heterocycles. The second-order valence-corrected chi connectivity index (χ2v) is 7.02. The number of carbonyl (C=O) groups is 1. The molecule has 1 atom stereocenters. The Morgan fingerprint density at radius 3 is 2.32 bits per heavy atom. The van der Waals surface area contributed by atoms with Crippen LogP contribution < -0.4 is 15.3 Å². The summed E-state index contributed by atoms with van der Waals surface area (Å²) in [5.41, 5.74) is 0. The molecular weight excluding hydrogens is 388 g/mol. The van der Waals surface area contributed by atoms with E-state index < -0.39 is 12.1 Å². The zero-order valence-electron chi connectivity index (χ0n) is 16.1. The summed E-state index contributed by atoms with van der Waals surface area (Å²) in [5, 5.41) is 18.1. The highest BCUT2D eigenvalue weighted by Crippen LogP contribution is 2.15. The second kappa shape index (κ2) is 11.4. The molecule has 0 aliphatic heterocycles. The molecule has 2 rings (SSSR count). The molecule has 154 valence electrons. The average molecular weight is 414 g/mol. The Labute approximate surface area is 168 Å². The highest BCUT2D eigenvalue weighted by atomic mass is 35.5. The summed E-state index contributed by atoms with van der Waals surface area (Å²) in [5.74, 6) is 4.94. The molecule has 0 spiro atoms. The number of aliphatic hydroxyl groups excluding tert-OH is 1. The number of hydrogen-bond donors (Lipinski definition) is 3. The van der Waals surface area contributed by atoms with Gasteiger partial charge in [-0.1, -0.05) is 29.8 Å². The van der Waals surface area contributed by atoms with E-state index in [-0.39, 0.29) is 29.9 Å². The first-order valence-corrected chi connectivity index (χ1v) is 8.77. The molecular formula is C18H26ClN4O5+. The van der Waals surface area contributed by atoms with E-state index in [1.165, 1.54) is 6.07 Å². The highest BCUT2D eigenvalue weighted by Gasteiger charge is 2.16. The van der Waals surface area contributed by atoms with Gasteiger partial charge in [-0.2, -0.15) is 10.8 Å². The third-order valence-corrected chi connectivity index (χ3v) is 2.92. The van der Waals surface area contributed by atoms with Crippen molar-refractivity contribution in [3.8, 4) is 11.6 Å². The van der Waals surface area contributed by atoms with Crippen LogP contribution in [0.4, 0.5) is 0 Å². The molecule has 0 saturated carbocycles. The number of carboxylic acids is 1. The van der Waals surface area contributed by atoms with Gasteiger partial charge in [0.05, 0.1) is 21.1 Å². The van der Waals surface area contributed by atoms with E-state index in [0.29, 0.717) is 11.2 Å². The van der Waals surface area contributed by atoms with Crippen molar-refractivity contribution >= 4 is 17.6 Å².